The Balaban J connectivity index is 2.69. The van der Waals surface area contributed by atoms with Crippen LogP contribution in [0.15, 0.2) is 24.3 Å². The van der Waals surface area contributed by atoms with Gasteiger partial charge in [-0.05, 0) is 32.4 Å². The molecule has 1 amide bonds. The van der Waals surface area contributed by atoms with Crippen LogP contribution in [0, 0.1) is 12.8 Å². The third kappa shape index (κ3) is 4.64. The van der Waals surface area contributed by atoms with Crippen molar-refractivity contribution >= 4 is 5.91 Å². The summed E-state index contributed by atoms with van der Waals surface area (Å²) >= 11 is 0. The van der Waals surface area contributed by atoms with Gasteiger partial charge in [0, 0.05) is 25.6 Å². The molecule has 1 aromatic carbocycles. The maximum Gasteiger partial charge on any atom is 0.226 e. The van der Waals surface area contributed by atoms with Crippen LogP contribution in [0.1, 0.15) is 31.4 Å². The Morgan fingerprint density at radius 1 is 1.30 bits per heavy atom. The number of rotatable bonds is 7. The summed E-state index contributed by atoms with van der Waals surface area (Å²) in [7, 11) is 3.81. The number of carbonyl (C=O) groups excluding carboxylic acids is 1. The minimum absolute atomic E-state index is 0.0251. The second kappa shape index (κ2) is 8.05. The molecule has 3 nitrogen and oxygen atoms in total. The zero-order valence-electron chi connectivity index (χ0n) is 13.4. The van der Waals surface area contributed by atoms with Crippen molar-refractivity contribution in [1.82, 2.24) is 10.2 Å². The van der Waals surface area contributed by atoms with Crippen LogP contribution in [0.5, 0.6) is 0 Å². The highest BCUT2D eigenvalue weighted by Gasteiger charge is 2.22. The predicted molar refractivity (Wildman–Crippen MR) is 84.8 cm³/mol. The van der Waals surface area contributed by atoms with Gasteiger partial charge in [-0.15, -0.1) is 0 Å². The van der Waals surface area contributed by atoms with Crippen LogP contribution >= 0.6 is 0 Å². The zero-order valence-corrected chi connectivity index (χ0v) is 13.4. The molecule has 0 aromatic heterocycles. The molecule has 112 valence electrons. The number of likely N-dealkylation sites (N-methyl/N-ethyl adjacent to an activating group) is 1. The molecule has 0 fully saturated rings. The molecule has 0 heterocycles. The fourth-order valence-corrected chi connectivity index (χ4v) is 2.47. The fourth-order valence-electron chi connectivity index (χ4n) is 2.47. The number of carbonyl (C=O) groups is 1. The van der Waals surface area contributed by atoms with E-state index in [1.54, 1.807) is 0 Å². The third-order valence-electron chi connectivity index (χ3n) is 3.89. The summed E-state index contributed by atoms with van der Waals surface area (Å²) in [4.78, 5) is 14.3. The predicted octanol–water partition coefficient (Wildman–Crippen LogP) is 2.63. The summed E-state index contributed by atoms with van der Waals surface area (Å²) in [5.74, 6) is 0.246. The Kier molecular flexibility index (Phi) is 6.73. The number of benzene rings is 1. The summed E-state index contributed by atoms with van der Waals surface area (Å²) in [5.41, 5.74) is 2.57. The van der Waals surface area contributed by atoms with Crippen LogP contribution in [0.4, 0.5) is 0 Å². The lowest BCUT2D eigenvalue weighted by atomic mass is 10.0. The number of nitrogens with zero attached hydrogens (tertiary/aromatic N) is 1. The number of hydrogen-bond donors (Lipinski definition) is 1. The van der Waals surface area contributed by atoms with E-state index in [2.05, 4.69) is 43.4 Å². The van der Waals surface area contributed by atoms with Gasteiger partial charge in [-0.25, -0.2) is 0 Å². The van der Waals surface area contributed by atoms with E-state index in [9.17, 15) is 4.79 Å². The molecule has 3 heteroatoms. The van der Waals surface area contributed by atoms with Crippen LogP contribution in [0.2, 0.25) is 0 Å². The second-order valence-corrected chi connectivity index (χ2v) is 5.66. The fraction of sp³-hybridized carbons (Fsp3) is 0.588. The molecule has 0 aliphatic carbocycles. The summed E-state index contributed by atoms with van der Waals surface area (Å²) in [6, 6.07) is 8.85. The number of hydrogen-bond acceptors (Lipinski definition) is 2. The minimum atomic E-state index is 0.0251. The van der Waals surface area contributed by atoms with Gasteiger partial charge >= 0.3 is 0 Å². The average molecular weight is 276 g/mol. The summed E-state index contributed by atoms with van der Waals surface area (Å²) in [5, 5.41) is 3.07. The van der Waals surface area contributed by atoms with Crippen molar-refractivity contribution in [3.8, 4) is 0 Å². The van der Waals surface area contributed by atoms with Gasteiger partial charge in [-0.2, -0.15) is 0 Å². The molecule has 2 atom stereocenters. The van der Waals surface area contributed by atoms with Gasteiger partial charge in [0.2, 0.25) is 5.91 Å². The van der Waals surface area contributed by atoms with Crippen LogP contribution in [0.3, 0.4) is 0 Å². The normalized spacial score (nSPS) is 13.8. The number of aryl methyl sites for hydroxylation is 1. The lowest BCUT2D eigenvalue weighted by Gasteiger charge is -2.30. The smallest absolute Gasteiger partial charge is 0.226 e. The Morgan fingerprint density at radius 3 is 2.40 bits per heavy atom. The lowest BCUT2D eigenvalue weighted by Crippen LogP contribution is -2.43. The summed E-state index contributed by atoms with van der Waals surface area (Å²) < 4.78 is 0. The highest BCUT2D eigenvalue weighted by Crippen LogP contribution is 2.14. The van der Waals surface area contributed by atoms with Crippen LogP contribution in [0.25, 0.3) is 0 Å². The topological polar surface area (TPSA) is 32.3 Å². The molecule has 1 aromatic rings. The molecule has 0 saturated carbocycles. The van der Waals surface area contributed by atoms with Gasteiger partial charge in [0.25, 0.3) is 0 Å². The van der Waals surface area contributed by atoms with E-state index in [0.29, 0.717) is 0 Å². The minimum Gasteiger partial charge on any atom is -0.342 e. The monoisotopic (exact) mass is 276 g/mol. The molecule has 0 aliphatic rings. The van der Waals surface area contributed by atoms with Gasteiger partial charge in [0.1, 0.15) is 0 Å². The molecular formula is C17H28N2O. The van der Waals surface area contributed by atoms with E-state index in [1.165, 1.54) is 11.1 Å². The lowest BCUT2D eigenvalue weighted by molar-refractivity contribution is -0.135. The van der Waals surface area contributed by atoms with E-state index < -0.39 is 0 Å². The first-order chi connectivity index (χ1) is 9.49. The second-order valence-electron chi connectivity index (χ2n) is 5.66. The molecule has 1 N–H and O–H groups in total. The van der Waals surface area contributed by atoms with Gasteiger partial charge in [-0.3, -0.25) is 4.79 Å². The molecular weight excluding hydrogens is 248 g/mol. The van der Waals surface area contributed by atoms with E-state index in [4.69, 9.17) is 0 Å². The first kappa shape index (κ1) is 16.7. The van der Waals surface area contributed by atoms with Gasteiger partial charge < -0.3 is 10.2 Å². The molecule has 20 heavy (non-hydrogen) atoms. The largest absolute Gasteiger partial charge is 0.342 e. The molecule has 0 radical (unpaired) electrons. The summed E-state index contributed by atoms with van der Waals surface area (Å²) in [6.45, 7) is 6.94. The van der Waals surface area contributed by atoms with Gasteiger partial charge in [-0.1, -0.05) is 43.7 Å². The van der Waals surface area contributed by atoms with Crippen LogP contribution < -0.4 is 5.32 Å². The van der Waals surface area contributed by atoms with Crippen LogP contribution in [-0.4, -0.2) is 37.5 Å². The SMILES string of the molecule is CCC(Cc1ccc(C)cc1)N(C)C(=O)C(C)CNC. The Hall–Kier alpha value is -1.35. The van der Waals surface area contributed by atoms with E-state index >= 15 is 0 Å². The Morgan fingerprint density at radius 2 is 1.90 bits per heavy atom. The first-order valence-corrected chi connectivity index (χ1v) is 7.46. The van der Waals surface area contributed by atoms with Crippen molar-refractivity contribution in [1.29, 1.82) is 0 Å². The molecule has 1 rings (SSSR count). The first-order valence-electron chi connectivity index (χ1n) is 7.46. The van der Waals surface area contributed by atoms with E-state index in [0.717, 1.165) is 19.4 Å². The van der Waals surface area contributed by atoms with Crippen LogP contribution in [-0.2, 0) is 11.2 Å². The number of nitrogens with one attached hydrogen (secondary N) is 1. The zero-order chi connectivity index (χ0) is 15.1. The highest BCUT2D eigenvalue weighted by molar-refractivity contribution is 5.78. The standard InChI is InChI=1S/C17H28N2O/c1-6-16(11-15-9-7-13(2)8-10-15)19(5)17(20)14(3)12-18-4/h7-10,14,16,18H,6,11-12H2,1-5H3. The van der Waals surface area contributed by atoms with Gasteiger partial charge in [0.05, 0.1) is 0 Å². The molecule has 0 bridgehead atoms. The van der Waals surface area contributed by atoms with E-state index in [1.807, 2.05) is 25.9 Å². The maximum atomic E-state index is 12.4. The molecule has 2 unspecified atom stereocenters. The maximum absolute atomic E-state index is 12.4. The van der Waals surface area contributed by atoms with Crippen molar-refractivity contribution in [3.05, 3.63) is 35.4 Å². The molecule has 0 aliphatic heterocycles. The quantitative estimate of drug-likeness (QED) is 0.830. The van der Waals surface area contributed by atoms with Crippen molar-refractivity contribution in [2.45, 2.75) is 39.7 Å². The van der Waals surface area contributed by atoms with Crippen molar-refractivity contribution < 1.29 is 4.79 Å². The number of amides is 1. The van der Waals surface area contributed by atoms with E-state index in [-0.39, 0.29) is 17.9 Å². The Labute approximate surface area is 123 Å². The molecule has 0 spiro atoms. The summed E-state index contributed by atoms with van der Waals surface area (Å²) in [6.07, 6.45) is 1.90. The van der Waals surface area contributed by atoms with Crippen molar-refractivity contribution in [2.75, 3.05) is 20.6 Å². The highest BCUT2D eigenvalue weighted by atomic mass is 16.2. The molecule has 0 saturated heterocycles. The van der Waals surface area contributed by atoms with Crippen molar-refractivity contribution in [2.24, 2.45) is 5.92 Å². The average Bonchev–Trinajstić information content (AvgIpc) is 2.45. The Bertz CT molecular complexity index is 414. The third-order valence-corrected chi connectivity index (χ3v) is 3.89. The van der Waals surface area contributed by atoms with Gasteiger partial charge in [0.15, 0.2) is 0 Å². The van der Waals surface area contributed by atoms with Crippen molar-refractivity contribution in [3.63, 3.8) is 0 Å².